The van der Waals surface area contributed by atoms with Crippen LogP contribution in [0, 0.1) is 5.92 Å². The molecule has 1 amide bonds. The summed E-state index contributed by atoms with van der Waals surface area (Å²) in [6.07, 6.45) is 0.467. The second kappa shape index (κ2) is 11.2. The lowest BCUT2D eigenvalue weighted by molar-refractivity contribution is -0.162. The molecule has 2 atom stereocenters. The van der Waals surface area contributed by atoms with Crippen LogP contribution in [0.25, 0.3) is 0 Å². The second-order valence-electron chi connectivity index (χ2n) is 5.67. The fourth-order valence-electron chi connectivity index (χ4n) is 2.48. The smallest absolute Gasteiger partial charge is 0.313 e. The fraction of sp³-hybridized carbons (Fsp3) is 0.526. The highest BCUT2D eigenvalue weighted by Gasteiger charge is 2.32. The molecule has 0 spiro atoms. The fourth-order valence-corrected chi connectivity index (χ4v) is 2.48. The van der Waals surface area contributed by atoms with E-state index in [1.54, 1.807) is 6.92 Å². The molecule has 0 aliphatic carbocycles. The first kappa shape index (κ1) is 20.7. The van der Waals surface area contributed by atoms with Crippen molar-refractivity contribution in [3.63, 3.8) is 0 Å². The molecule has 1 rings (SSSR count). The van der Waals surface area contributed by atoms with E-state index in [0.717, 1.165) is 5.56 Å². The highest BCUT2D eigenvalue weighted by molar-refractivity contribution is 5.75. The molecule has 0 aliphatic rings. The number of ether oxygens (including phenoxy) is 2. The van der Waals surface area contributed by atoms with E-state index in [4.69, 9.17) is 9.47 Å². The molecule has 0 saturated carbocycles. The maximum Gasteiger partial charge on any atom is 0.313 e. The lowest BCUT2D eigenvalue weighted by Crippen LogP contribution is -2.28. The molecule has 6 nitrogen and oxygen atoms in total. The monoisotopic (exact) mass is 349 g/mol. The first-order valence-corrected chi connectivity index (χ1v) is 8.65. The summed E-state index contributed by atoms with van der Waals surface area (Å²) in [5, 5.41) is 2.63. The lowest BCUT2D eigenvalue weighted by atomic mass is 9.93. The molecule has 0 unspecified atom stereocenters. The Morgan fingerprint density at radius 1 is 1.12 bits per heavy atom. The molecule has 1 aromatic rings. The molecule has 0 heterocycles. The molecule has 0 saturated heterocycles. The van der Waals surface area contributed by atoms with Gasteiger partial charge in [0.1, 0.15) is 6.10 Å². The van der Waals surface area contributed by atoms with Gasteiger partial charge in [0.2, 0.25) is 5.91 Å². The van der Waals surface area contributed by atoms with Gasteiger partial charge in [-0.05, 0) is 25.3 Å². The lowest BCUT2D eigenvalue weighted by Gasteiger charge is -2.25. The standard InChI is InChI=1S/C19H27NO5/c1-4-16(19(23)24-5-2)18(15-10-7-6-8-11-15)25-17(22)12-9-13-20-14(3)21/h6-8,10-11,16,18H,4-5,9,12-13H2,1-3H3,(H,20,21)/t16-,18+/m0/s1. The van der Waals surface area contributed by atoms with Gasteiger partial charge in [0, 0.05) is 19.9 Å². The van der Waals surface area contributed by atoms with Gasteiger partial charge in [-0.3, -0.25) is 14.4 Å². The molecule has 0 aromatic heterocycles. The van der Waals surface area contributed by atoms with Crippen LogP contribution in [-0.2, 0) is 23.9 Å². The van der Waals surface area contributed by atoms with Crippen LogP contribution in [0.1, 0.15) is 51.7 Å². The van der Waals surface area contributed by atoms with Gasteiger partial charge in [-0.15, -0.1) is 0 Å². The van der Waals surface area contributed by atoms with E-state index in [1.807, 2.05) is 37.3 Å². The maximum atomic E-state index is 12.2. The number of carbonyl (C=O) groups is 3. The highest BCUT2D eigenvalue weighted by Crippen LogP contribution is 2.30. The predicted octanol–water partition coefficient (Wildman–Crippen LogP) is 2.78. The van der Waals surface area contributed by atoms with Crippen LogP contribution in [0.15, 0.2) is 30.3 Å². The third-order valence-corrected chi connectivity index (χ3v) is 3.71. The summed E-state index contributed by atoms with van der Waals surface area (Å²) in [6, 6.07) is 9.20. The minimum Gasteiger partial charge on any atom is -0.466 e. The number of nitrogens with one attached hydrogen (secondary N) is 1. The zero-order chi connectivity index (χ0) is 18.7. The normalized spacial score (nSPS) is 12.8. The van der Waals surface area contributed by atoms with Crippen LogP contribution in [0.5, 0.6) is 0 Å². The Morgan fingerprint density at radius 3 is 2.36 bits per heavy atom. The van der Waals surface area contributed by atoms with Crippen LogP contribution in [0.4, 0.5) is 0 Å². The first-order chi connectivity index (χ1) is 12.0. The molecule has 0 fully saturated rings. The molecule has 1 N–H and O–H groups in total. The van der Waals surface area contributed by atoms with Crippen molar-refractivity contribution < 1.29 is 23.9 Å². The van der Waals surface area contributed by atoms with E-state index >= 15 is 0 Å². The van der Waals surface area contributed by atoms with E-state index in [2.05, 4.69) is 5.32 Å². The Morgan fingerprint density at radius 2 is 1.80 bits per heavy atom. The van der Waals surface area contributed by atoms with Gasteiger partial charge in [0.15, 0.2) is 0 Å². The third-order valence-electron chi connectivity index (χ3n) is 3.71. The topological polar surface area (TPSA) is 81.7 Å². The Labute approximate surface area is 148 Å². The molecule has 6 heteroatoms. The van der Waals surface area contributed by atoms with Gasteiger partial charge >= 0.3 is 11.9 Å². The van der Waals surface area contributed by atoms with Crippen LogP contribution >= 0.6 is 0 Å². The van der Waals surface area contributed by atoms with Gasteiger partial charge in [0.05, 0.1) is 12.5 Å². The van der Waals surface area contributed by atoms with Crippen molar-refractivity contribution >= 4 is 17.8 Å². The minimum absolute atomic E-state index is 0.135. The number of hydrogen-bond donors (Lipinski definition) is 1. The molecule has 0 radical (unpaired) electrons. The van der Waals surface area contributed by atoms with Gasteiger partial charge in [0.25, 0.3) is 0 Å². The number of carbonyl (C=O) groups excluding carboxylic acids is 3. The minimum atomic E-state index is -0.682. The van der Waals surface area contributed by atoms with E-state index in [9.17, 15) is 14.4 Å². The zero-order valence-electron chi connectivity index (χ0n) is 15.1. The van der Waals surface area contributed by atoms with Gasteiger partial charge in [-0.1, -0.05) is 37.3 Å². The van der Waals surface area contributed by atoms with Crippen molar-refractivity contribution in [3.05, 3.63) is 35.9 Å². The van der Waals surface area contributed by atoms with E-state index < -0.39 is 18.0 Å². The number of hydrogen-bond acceptors (Lipinski definition) is 5. The van der Waals surface area contributed by atoms with E-state index in [-0.39, 0.29) is 24.9 Å². The summed E-state index contributed by atoms with van der Waals surface area (Å²) in [6.45, 7) is 5.73. The number of esters is 2. The van der Waals surface area contributed by atoms with Crippen molar-refractivity contribution in [2.75, 3.05) is 13.2 Å². The van der Waals surface area contributed by atoms with Crippen molar-refractivity contribution in [1.29, 1.82) is 0 Å². The molecule has 0 bridgehead atoms. The SMILES string of the molecule is CCOC(=O)[C@@H](CC)[C@H](OC(=O)CCCNC(C)=O)c1ccccc1. The summed E-state index contributed by atoms with van der Waals surface area (Å²) < 4.78 is 10.7. The second-order valence-corrected chi connectivity index (χ2v) is 5.67. The summed E-state index contributed by atoms with van der Waals surface area (Å²) in [7, 11) is 0. The Bertz CT molecular complexity index is 558. The number of rotatable bonds is 10. The molecule has 138 valence electrons. The number of amides is 1. The van der Waals surface area contributed by atoms with Crippen LogP contribution < -0.4 is 5.32 Å². The van der Waals surface area contributed by atoms with Crippen LogP contribution in [0.3, 0.4) is 0 Å². The van der Waals surface area contributed by atoms with Crippen molar-refractivity contribution in [2.24, 2.45) is 5.92 Å². The zero-order valence-corrected chi connectivity index (χ0v) is 15.1. The van der Waals surface area contributed by atoms with Gasteiger partial charge in [-0.2, -0.15) is 0 Å². The van der Waals surface area contributed by atoms with Crippen molar-refractivity contribution in [2.45, 2.75) is 46.1 Å². The molecule has 25 heavy (non-hydrogen) atoms. The molecular formula is C19H27NO5. The van der Waals surface area contributed by atoms with Crippen LogP contribution in [0.2, 0.25) is 0 Å². The summed E-state index contributed by atoms with van der Waals surface area (Å²) in [5.74, 6) is -1.46. The number of benzene rings is 1. The highest BCUT2D eigenvalue weighted by atomic mass is 16.6. The largest absolute Gasteiger partial charge is 0.466 e. The van der Waals surface area contributed by atoms with E-state index in [1.165, 1.54) is 6.92 Å². The van der Waals surface area contributed by atoms with Crippen molar-refractivity contribution in [1.82, 2.24) is 5.32 Å². The maximum absolute atomic E-state index is 12.2. The summed E-state index contributed by atoms with van der Waals surface area (Å²) >= 11 is 0. The van der Waals surface area contributed by atoms with Crippen molar-refractivity contribution in [3.8, 4) is 0 Å². The van der Waals surface area contributed by atoms with Gasteiger partial charge < -0.3 is 14.8 Å². The third kappa shape index (κ3) is 7.37. The van der Waals surface area contributed by atoms with Gasteiger partial charge in [-0.25, -0.2) is 0 Å². The predicted molar refractivity (Wildman–Crippen MR) is 93.6 cm³/mol. The molecular weight excluding hydrogens is 322 g/mol. The Kier molecular flexibility index (Phi) is 9.29. The summed E-state index contributed by atoms with van der Waals surface area (Å²) in [5.41, 5.74) is 0.762. The average molecular weight is 349 g/mol. The quantitative estimate of drug-likeness (QED) is 0.519. The van der Waals surface area contributed by atoms with Crippen LogP contribution in [-0.4, -0.2) is 31.0 Å². The van der Waals surface area contributed by atoms with E-state index in [0.29, 0.717) is 19.4 Å². The first-order valence-electron chi connectivity index (χ1n) is 8.65. The molecule has 0 aliphatic heterocycles. The Balaban J connectivity index is 2.79. The summed E-state index contributed by atoms with van der Waals surface area (Å²) in [4.78, 5) is 35.3. The molecule has 1 aromatic carbocycles. The average Bonchev–Trinajstić information content (AvgIpc) is 2.59. The Hall–Kier alpha value is -2.37.